The van der Waals surface area contributed by atoms with Gasteiger partial charge in [0.2, 0.25) is 5.88 Å². The molecule has 5 heteroatoms. The van der Waals surface area contributed by atoms with Gasteiger partial charge in [0.15, 0.2) is 6.61 Å². The number of nitrogens with zero attached hydrogens (tertiary/aromatic N) is 1. The Hall–Kier alpha value is -3.34. The second-order valence-corrected chi connectivity index (χ2v) is 6.66. The van der Waals surface area contributed by atoms with Gasteiger partial charge in [0, 0.05) is 12.3 Å². The molecule has 0 fully saturated rings. The SMILES string of the molecule is Cc1ccc(C(C)NC(=O)COc2ccc(Oc3ccccn3)cc2)cc1C. The van der Waals surface area contributed by atoms with Crippen LogP contribution in [0.5, 0.6) is 17.4 Å². The van der Waals surface area contributed by atoms with Crippen LogP contribution >= 0.6 is 0 Å². The van der Waals surface area contributed by atoms with Crippen LogP contribution in [0.4, 0.5) is 0 Å². The predicted molar refractivity (Wildman–Crippen MR) is 109 cm³/mol. The number of benzene rings is 2. The van der Waals surface area contributed by atoms with Crippen LogP contribution in [-0.4, -0.2) is 17.5 Å². The van der Waals surface area contributed by atoms with E-state index in [1.54, 1.807) is 36.5 Å². The third-order valence-electron chi connectivity index (χ3n) is 4.46. The molecule has 0 saturated carbocycles. The largest absolute Gasteiger partial charge is 0.484 e. The van der Waals surface area contributed by atoms with Gasteiger partial charge >= 0.3 is 0 Å². The van der Waals surface area contributed by atoms with E-state index in [4.69, 9.17) is 9.47 Å². The fourth-order valence-corrected chi connectivity index (χ4v) is 2.68. The molecule has 1 amide bonds. The molecule has 144 valence electrons. The fourth-order valence-electron chi connectivity index (χ4n) is 2.68. The van der Waals surface area contributed by atoms with Gasteiger partial charge in [-0.3, -0.25) is 4.79 Å². The number of nitrogens with one attached hydrogen (secondary N) is 1. The van der Waals surface area contributed by atoms with Crippen molar-refractivity contribution in [2.24, 2.45) is 0 Å². The van der Waals surface area contributed by atoms with Crippen molar-refractivity contribution < 1.29 is 14.3 Å². The first-order valence-corrected chi connectivity index (χ1v) is 9.19. The maximum Gasteiger partial charge on any atom is 0.258 e. The molecule has 28 heavy (non-hydrogen) atoms. The zero-order chi connectivity index (χ0) is 19.9. The van der Waals surface area contributed by atoms with E-state index in [0.29, 0.717) is 17.4 Å². The number of amides is 1. The van der Waals surface area contributed by atoms with Crippen LogP contribution < -0.4 is 14.8 Å². The summed E-state index contributed by atoms with van der Waals surface area (Å²) in [5.41, 5.74) is 3.52. The Morgan fingerprint density at radius 1 is 1.00 bits per heavy atom. The highest BCUT2D eigenvalue weighted by Crippen LogP contribution is 2.22. The first kappa shape index (κ1) is 19.4. The Labute approximate surface area is 165 Å². The molecule has 0 bridgehead atoms. The second kappa shape index (κ2) is 9.04. The van der Waals surface area contributed by atoms with E-state index in [1.165, 1.54) is 11.1 Å². The van der Waals surface area contributed by atoms with Crippen LogP contribution in [-0.2, 0) is 4.79 Å². The lowest BCUT2D eigenvalue weighted by atomic mass is 10.0. The molecular formula is C23H24N2O3. The molecule has 1 heterocycles. The molecular weight excluding hydrogens is 352 g/mol. The number of carbonyl (C=O) groups excluding carboxylic acids is 1. The summed E-state index contributed by atoms with van der Waals surface area (Å²) in [7, 11) is 0. The van der Waals surface area contributed by atoms with Crippen molar-refractivity contribution in [3.05, 3.63) is 83.6 Å². The number of aromatic nitrogens is 1. The van der Waals surface area contributed by atoms with E-state index in [1.807, 2.05) is 25.1 Å². The van der Waals surface area contributed by atoms with Gasteiger partial charge in [-0.25, -0.2) is 4.98 Å². The van der Waals surface area contributed by atoms with E-state index in [9.17, 15) is 4.79 Å². The molecule has 2 aromatic carbocycles. The zero-order valence-electron chi connectivity index (χ0n) is 16.3. The maximum absolute atomic E-state index is 12.2. The monoisotopic (exact) mass is 376 g/mol. The molecule has 1 aromatic heterocycles. The Balaban J connectivity index is 1.49. The van der Waals surface area contributed by atoms with Crippen LogP contribution in [0.1, 0.15) is 29.7 Å². The molecule has 0 aliphatic heterocycles. The van der Waals surface area contributed by atoms with Crippen LogP contribution in [0.2, 0.25) is 0 Å². The Morgan fingerprint density at radius 2 is 1.75 bits per heavy atom. The molecule has 3 aromatic rings. The van der Waals surface area contributed by atoms with Gasteiger partial charge in [-0.1, -0.05) is 24.3 Å². The topological polar surface area (TPSA) is 60.5 Å². The van der Waals surface area contributed by atoms with Gasteiger partial charge in [0.1, 0.15) is 11.5 Å². The Kier molecular flexibility index (Phi) is 6.27. The van der Waals surface area contributed by atoms with Crippen molar-refractivity contribution in [1.82, 2.24) is 10.3 Å². The van der Waals surface area contributed by atoms with Crippen molar-refractivity contribution in [3.63, 3.8) is 0 Å². The number of hydrogen-bond donors (Lipinski definition) is 1. The molecule has 0 aliphatic rings. The van der Waals surface area contributed by atoms with E-state index < -0.39 is 0 Å². The van der Waals surface area contributed by atoms with E-state index >= 15 is 0 Å². The maximum atomic E-state index is 12.2. The molecule has 5 nitrogen and oxygen atoms in total. The van der Waals surface area contributed by atoms with Crippen LogP contribution in [0, 0.1) is 13.8 Å². The van der Waals surface area contributed by atoms with Crippen molar-refractivity contribution in [2.45, 2.75) is 26.8 Å². The molecule has 0 radical (unpaired) electrons. The summed E-state index contributed by atoms with van der Waals surface area (Å²) in [6.07, 6.45) is 1.67. The highest BCUT2D eigenvalue weighted by atomic mass is 16.5. The summed E-state index contributed by atoms with van der Waals surface area (Å²) in [6, 6.07) is 18.7. The summed E-state index contributed by atoms with van der Waals surface area (Å²) in [6.45, 7) is 6.06. The number of carbonyl (C=O) groups is 1. The quantitative estimate of drug-likeness (QED) is 0.647. The summed E-state index contributed by atoms with van der Waals surface area (Å²) in [5, 5.41) is 2.96. The summed E-state index contributed by atoms with van der Waals surface area (Å²) in [5.74, 6) is 1.61. The smallest absolute Gasteiger partial charge is 0.258 e. The minimum atomic E-state index is -0.167. The Morgan fingerprint density at radius 3 is 2.43 bits per heavy atom. The van der Waals surface area contributed by atoms with Gasteiger partial charge < -0.3 is 14.8 Å². The van der Waals surface area contributed by atoms with Crippen LogP contribution in [0.25, 0.3) is 0 Å². The van der Waals surface area contributed by atoms with E-state index in [2.05, 4.69) is 36.3 Å². The first-order chi connectivity index (χ1) is 13.5. The lowest BCUT2D eigenvalue weighted by molar-refractivity contribution is -0.123. The molecule has 0 aliphatic carbocycles. The summed E-state index contributed by atoms with van der Waals surface area (Å²) >= 11 is 0. The number of pyridine rings is 1. The molecule has 1 atom stereocenters. The normalized spacial score (nSPS) is 11.5. The number of aryl methyl sites for hydroxylation is 2. The standard InChI is InChI=1S/C23H24N2O3/c1-16-7-8-19(14-17(16)2)18(3)25-22(26)15-27-20-9-11-21(12-10-20)28-23-6-4-5-13-24-23/h4-14,18H,15H2,1-3H3,(H,25,26). The second-order valence-electron chi connectivity index (χ2n) is 6.66. The minimum Gasteiger partial charge on any atom is -0.484 e. The summed E-state index contributed by atoms with van der Waals surface area (Å²) in [4.78, 5) is 16.3. The van der Waals surface area contributed by atoms with E-state index in [0.717, 1.165) is 5.56 Å². The van der Waals surface area contributed by atoms with Crippen LogP contribution in [0.3, 0.4) is 0 Å². The molecule has 1 N–H and O–H groups in total. The van der Waals surface area contributed by atoms with Crippen molar-refractivity contribution in [3.8, 4) is 17.4 Å². The third-order valence-corrected chi connectivity index (χ3v) is 4.46. The van der Waals surface area contributed by atoms with Crippen molar-refractivity contribution >= 4 is 5.91 Å². The van der Waals surface area contributed by atoms with Gasteiger partial charge in [0.05, 0.1) is 6.04 Å². The summed E-state index contributed by atoms with van der Waals surface area (Å²) < 4.78 is 11.2. The first-order valence-electron chi connectivity index (χ1n) is 9.19. The van der Waals surface area contributed by atoms with Gasteiger partial charge in [0.25, 0.3) is 5.91 Å². The van der Waals surface area contributed by atoms with Gasteiger partial charge in [-0.15, -0.1) is 0 Å². The predicted octanol–water partition coefficient (Wildman–Crippen LogP) is 4.75. The van der Waals surface area contributed by atoms with Crippen LogP contribution in [0.15, 0.2) is 66.9 Å². The number of hydrogen-bond acceptors (Lipinski definition) is 4. The van der Waals surface area contributed by atoms with Gasteiger partial charge in [-0.2, -0.15) is 0 Å². The zero-order valence-corrected chi connectivity index (χ0v) is 16.3. The van der Waals surface area contributed by atoms with E-state index in [-0.39, 0.29) is 18.6 Å². The lowest BCUT2D eigenvalue weighted by Crippen LogP contribution is -2.31. The van der Waals surface area contributed by atoms with Crippen molar-refractivity contribution in [2.75, 3.05) is 6.61 Å². The Bertz CT molecular complexity index is 924. The van der Waals surface area contributed by atoms with Crippen molar-refractivity contribution in [1.29, 1.82) is 0 Å². The minimum absolute atomic E-state index is 0.0460. The average molecular weight is 376 g/mol. The molecule has 1 unspecified atom stereocenters. The molecule has 3 rings (SSSR count). The number of ether oxygens (including phenoxy) is 2. The molecule has 0 spiro atoms. The average Bonchev–Trinajstić information content (AvgIpc) is 2.70. The molecule has 0 saturated heterocycles. The highest BCUT2D eigenvalue weighted by Gasteiger charge is 2.11. The number of rotatable bonds is 7. The lowest BCUT2D eigenvalue weighted by Gasteiger charge is -2.16. The van der Waals surface area contributed by atoms with Gasteiger partial charge in [-0.05, 0) is 67.8 Å². The highest BCUT2D eigenvalue weighted by molar-refractivity contribution is 5.78. The third kappa shape index (κ3) is 5.33. The fraction of sp³-hybridized carbons (Fsp3) is 0.217.